The number of carbonyl (C=O) groups is 1. The van der Waals surface area contributed by atoms with Gasteiger partial charge in [0.2, 0.25) is 0 Å². The van der Waals surface area contributed by atoms with Crippen molar-refractivity contribution in [2.75, 3.05) is 13.1 Å². The Morgan fingerprint density at radius 1 is 1.17 bits per heavy atom. The van der Waals surface area contributed by atoms with Crippen LogP contribution in [0.1, 0.15) is 28.8 Å². The molecule has 1 aliphatic heterocycles. The summed E-state index contributed by atoms with van der Waals surface area (Å²) >= 11 is 0. The second-order valence-electron chi connectivity index (χ2n) is 6.00. The molecule has 8 heteroatoms. The van der Waals surface area contributed by atoms with Crippen LogP contribution in [-0.4, -0.2) is 44.8 Å². The monoisotopic (exact) mass is 338 g/mol. The zero-order valence-electron chi connectivity index (χ0n) is 13.1. The summed E-state index contributed by atoms with van der Waals surface area (Å²) in [4.78, 5) is 14.3. The zero-order valence-corrected chi connectivity index (χ0v) is 13.1. The van der Waals surface area contributed by atoms with Crippen molar-refractivity contribution in [3.8, 4) is 5.69 Å². The van der Waals surface area contributed by atoms with Gasteiger partial charge in [-0.1, -0.05) is 11.6 Å². The Hall–Kier alpha value is -2.38. The number of hydrogen-bond donors (Lipinski definition) is 0. The lowest BCUT2D eigenvalue weighted by Crippen LogP contribution is -2.42. The minimum Gasteiger partial charge on any atom is -0.339 e. The number of benzene rings is 1. The van der Waals surface area contributed by atoms with Crippen molar-refractivity contribution in [3.63, 3.8) is 0 Å². The van der Waals surface area contributed by atoms with E-state index in [2.05, 4.69) is 10.2 Å². The van der Waals surface area contributed by atoms with Crippen LogP contribution in [0.25, 0.3) is 5.69 Å². The number of aromatic nitrogens is 3. The molecule has 0 saturated carbocycles. The predicted molar refractivity (Wildman–Crippen MR) is 80.8 cm³/mol. The molecule has 1 aliphatic rings. The summed E-state index contributed by atoms with van der Waals surface area (Å²) in [5.74, 6) is -1.58. The number of piperidine rings is 1. The SMILES string of the molecule is Cc1ccc(-n2cnnc2)c(C(=O)N2CCC(C(F)(F)F)CC2)c1. The third-order valence-electron chi connectivity index (χ3n) is 4.32. The molecule has 24 heavy (non-hydrogen) atoms. The van der Waals surface area contributed by atoms with Crippen molar-refractivity contribution in [3.05, 3.63) is 42.0 Å². The minimum atomic E-state index is -4.19. The molecule has 2 aromatic rings. The molecule has 0 N–H and O–H groups in total. The fraction of sp³-hybridized carbons (Fsp3) is 0.438. The summed E-state index contributed by atoms with van der Waals surface area (Å²) in [6.45, 7) is 2.08. The Morgan fingerprint density at radius 3 is 2.38 bits per heavy atom. The topological polar surface area (TPSA) is 51.0 Å². The summed E-state index contributed by atoms with van der Waals surface area (Å²) in [5, 5.41) is 7.47. The normalized spacial score (nSPS) is 16.4. The molecule has 0 unspecified atom stereocenters. The van der Waals surface area contributed by atoms with Gasteiger partial charge in [0.1, 0.15) is 12.7 Å². The van der Waals surface area contributed by atoms with Gasteiger partial charge in [-0.3, -0.25) is 9.36 Å². The number of aryl methyl sites for hydroxylation is 1. The molecule has 1 fully saturated rings. The summed E-state index contributed by atoms with van der Waals surface area (Å²) in [6, 6.07) is 5.39. The average molecular weight is 338 g/mol. The first-order chi connectivity index (χ1) is 11.4. The van der Waals surface area contributed by atoms with Crippen molar-refractivity contribution in [2.45, 2.75) is 25.9 Å². The van der Waals surface area contributed by atoms with Crippen molar-refractivity contribution >= 4 is 5.91 Å². The van der Waals surface area contributed by atoms with Crippen LogP contribution in [0, 0.1) is 12.8 Å². The second kappa shape index (κ2) is 6.26. The largest absolute Gasteiger partial charge is 0.391 e. The van der Waals surface area contributed by atoms with Gasteiger partial charge in [0.15, 0.2) is 0 Å². The third-order valence-corrected chi connectivity index (χ3v) is 4.32. The van der Waals surface area contributed by atoms with Crippen LogP contribution in [0.5, 0.6) is 0 Å². The van der Waals surface area contributed by atoms with Gasteiger partial charge in [-0.05, 0) is 31.9 Å². The molecular formula is C16H17F3N4O. The van der Waals surface area contributed by atoms with Crippen molar-refractivity contribution in [1.29, 1.82) is 0 Å². The van der Waals surface area contributed by atoms with Gasteiger partial charge in [-0.15, -0.1) is 10.2 Å². The van der Waals surface area contributed by atoms with E-state index in [0.29, 0.717) is 11.3 Å². The van der Waals surface area contributed by atoms with E-state index in [1.807, 2.05) is 13.0 Å². The number of carbonyl (C=O) groups excluding carboxylic acids is 1. The van der Waals surface area contributed by atoms with E-state index in [0.717, 1.165) is 5.56 Å². The fourth-order valence-corrected chi connectivity index (χ4v) is 2.95. The summed E-state index contributed by atoms with van der Waals surface area (Å²) in [6.07, 6.45) is -1.33. The Labute approximate surface area is 137 Å². The first-order valence-electron chi connectivity index (χ1n) is 7.68. The molecule has 0 atom stereocenters. The van der Waals surface area contributed by atoms with Crippen LogP contribution in [0.3, 0.4) is 0 Å². The predicted octanol–water partition coefficient (Wildman–Crippen LogP) is 2.99. The maximum Gasteiger partial charge on any atom is 0.391 e. The van der Waals surface area contributed by atoms with E-state index in [1.165, 1.54) is 17.6 Å². The molecule has 0 spiro atoms. The van der Waals surface area contributed by atoms with Gasteiger partial charge in [0, 0.05) is 13.1 Å². The molecule has 1 aromatic carbocycles. The number of amides is 1. The van der Waals surface area contributed by atoms with Gasteiger partial charge in [0.05, 0.1) is 17.2 Å². The van der Waals surface area contributed by atoms with Crippen LogP contribution >= 0.6 is 0 Å². The van der Waals surface area contributed by atoms with E-state index in [1.54, 1.807) is 16.7 Å². The van der Waals surface area contributed by atoms with Crippen LogP contribution in [-0.2, 0) is 0 Å². The standard InChI is InChI=1S/C16H17F3N4O/c1-11-2-3-14(23-9-20-21-10-23)13(8-11)15(24)22-6-4-12(5-7-22)16(17,18)19/h2-3,8-10,12H,4-7H2,1H3. The smallest absolute Gasteiger partial charge is 0.339 e. The molecule has 5 nitrogen and oxygen atoms in total. The molecule has 2 heterocycles. The highest BCUT2D eigenvalue weighted by molar-refractivity contribution is 5.98. The van der Waals surface area contributed by atoms with Gasteiger partial charge in [0.25, 0.3) is 5.91 Å². The Kier molecular flexibility index (Phi) is 4.29. The Balaban J connectivity index is 1.82. The van der Waals surface area contributed by atoms with E-state index in [-0.39, 0.29) is 31.8 Å². The first kappa shape index (κ1) is 16.5. The second-order valence-corrected chi connectivity index (χ2v) is 6.00. The van der Waals surface area contributed by atoms with Crippen molar-refractivity contribution < 1.29 is 18.0 Å². The number of halogens is 3. The highest BCUT2D eigenvalue weighted by atomic mass is 19.4. The molecular weight excluding hydrogens is 321 g/mol. The van der Waals surface area contributed by atoms with E-state index in [4.69, 9.17) is 0 Å². The van der Waals surface area contributed by atoms with Crippen molar-refractivity contribution in [1.82, 2.24) is 19.7 Å². The van der Waals surface area contributed by atoms with Crippen molar-refractivity contribution in [2.24, 2.45) is 5.92 Å². The summed E-state index contributed by atoms with van der Waals surface area (Å²) in [5.41, 5.74) is 1.97. The Bertz CT molecular complexity index is 719. The highest BCUT2D eigenvalue weighted by Gasteiger charge is 2.41. The average Bonchev–Trinajstić information content (AvgIpc) is 3.07. The molecule has 0 aliphatic carbocycles. The molecule has 1 amide bonds. The molecule has 1 aromatic heterocycles. The maximum absolute atomic E-state index is 12.8. The lowest BCUT2D eigenvalue weighted by Gasteiger charge is -2.33. The van der Waals surface area contributed by atoms with E-state index < -0.39 is 12.1 Å². The zero-order chi connectivity index (χ0) is 17.3. The molecule has 1 saturated heterocycles. The minimum absolute atomic E-state index is 0.0526. The molecule has 0 radical (unpaired) electrons. The molecule has 128 valence electrons. The van der Waals surface area contributed by atoms with Gasteiger partial charge >= 0.3 is 6.18 Å². The highest BCUT2D eigenvalue weighted by Crippen LogP contribution is 2.34. The van der Waals surface area contributed by atoms with Gasteiger partial charge < -0.3 is 4.90 Å². The number of nitrogens with zero attached hydrogens (tertiary/aromatic N) is 4. The lowest BCUT2D eigenvalue weighted by molar-refractivity contribution is -0.183. The maximum atomic E-state index is 12.8. The van der Waals surface area contributed by atoms with Gasteiger partial charge in [-0.25, -0.2) is 0 Å². The lowest BCUT2D eigenvalue weighted by atomic mass is 9.95. The first-order valence-corrected chi connectivity index (χ1v) is 7.68. The number of alkyl halides is 3. The third kappa shape index (κ3) is 3.27. The quantitative estimate of drug-likeness (QED) is 0.846. The molecule has 0 bridgehead atoms. The summed E-state index contributed by atoms with van der Waals surface area (Å²) < 4.78 is 39.9. The van der Waals surface area contributed by atoms with E-state index >= 15 is 0 Å². The number of rotatable bonds is 2. The van der Waals surface area contributed by atoms with Crippen LogP contribution < -0.4 is 0 Å². The van der Waals surface area contributed by atoms with Crippen LogP contribution in [0.4, 0.5) is 13.2 Å². The summed E-state index contributed by atoms with van der Waals surface area (Å²) in [7, 11) is 0. The van der Waals surface area contributed by atoms with E-state index in [9.17, 15) is 18.0 Å². The number of hydrogen-bond acceptors (Lipinski definition) is 3. The Morgan fingerprint density at radius 2 is 1.79 bits per heavy atom. The number of likely N-dealkylation sites (tertiary alicyclic amines) is 1. The van der Waals surface area contributed by atoms with Crippen LogP contribution in [0.2, 0.25) is 0 Å². The fourth-order valence-electron chi connectivity index (χ4n) is 2.95. The molecule has 3 rings (SSSR count). The van der Waals surface area contributed by atoms with Crippen LogP contribution in [0.15, 0.2) is 30.9 Å². The van der Waals surface area contributed by atoms with Gasteiger partial charge in [-0.2, -0.15) is 13.2 Å².